The highest BCUT2D eigenvalue weighted by Crippen LogP contribution is 2.18. The maximum Gasteiger partial charge on any atom is 0.175 e. The number of hydrogen-bond donors (Lipinski definition) is 1. The minimum atomic E-state index is -0.292. The molecular weight excluding hydrogens is 256 g/mol. The van der Waals surface area contributed by atoms with E-state index in [0.717, 1.165) is 16.9 Å². The number of benzene rings is 1. The minimum absolute atomic E-state index is 0.0806. The summed E-state index contributed by atoms with van der Waals surface area (Å²) < 4.78 is 13.3. The van der Waals surface area contributed by atoms with Crippen LogP contribution in [0, 0.1) is 0 Å². The maximum atomic E-state index is 9.19. The van der Waals surface area contributed by atoms with Crippen molar-refractivity contribution >= 4 is 11.0 Å². The Bertz CT molecular complexity index is 533. The highest BCUT2D eigenvalue weighted by atomic mass is 16.7. The van der Waals surface area contributed by atoms with Gasteiger partial charge in [0.15, 0.2) is 6.29 Å². The van der Waals surface area contributed by atoms with Gasteiger partial charge in [-0.05, 0) is 26.0 Å². The molecule has 0 radical (unpaired) electrons. The van der Waals surface area contributed by atoms with Gasteiger partial charge in [0.25, 0.3) is 0 Å². The van der Waals surface area contributed by atoms with E-state index in [9.17, 15) is 5.11 Å². The van der Waals surface area contributed by atoms with E-state index in [1.165, 1.54) is 0 Å². The van der Waals surface area contributed by atoms with E-state index in [1.807, 2.05) is 38.1 Å². The second-order valence-electron chi connectivity index (χ2n) is 4.44. The molecule has 0 saturated heterocycles. The Morgan fingerprint density at radius 3 is 2.55 bits per heavy atom. The molecule has 0 spiro atoms. The number of fused-ring (bicyclic) bond motifs is 1. The smallest absolute Gasteiger partial charge is 0.175 e. The number of imidazole rings is 1. The number of ether oxygens (including phenoxy) is 2. The summed E-state index contributed by atoms with van der Waals surface area (Å²) in [5, 5.41) is 9.19. The topological polar surface area (TPSA) is 56.5 Å². The number of hydrogen-bond acceptors (Lipinski definition) is 4. The van der Waals surface area contributed by atoms with E-state index in [1.54, 1.807) is 0 Å². The van der Waals surface area contributed by atoms with Crippen LogP contribution in [0.5, 0.6) is 0 Å². The van der Waals surface area contributed by atoms with E-state index in [2.05, 4.69) is 9.55 Å². The van der Waals surface area contributed by atoms with Crippen LogP contribution >= 0.6 is 0 Å². The molecule has 5 nitrogen and oxygen atoms in total. The van der Waals surface area contributed by atoms with Crippen molar-refractivity contribution in [1.82, 2.24) is 9.55 Å². The fourth-order valence-corrected chi connectivity index (χ4v) is 2.29. The molecule has 0 bridgehead atoms. The molecule has 20 heavy (non-hydrogen) atoms. The first-order chi connectivity index (χ1) is 9.80. The summed E-state index contributed by atoms with van der Waals surface area (Å²) in [6.45, 7) is 5.77. The number of aliphatic hydroxyl groups is 1. The van der Waals surface area contributed by atoms with Gasteiger partial charge in [-0.15, -0.1) is 0 Å². The lowest BCUT2D eigenvalue weighted by molar-refractivity contribution is -0.143. The molecule has 5 heteroatoms. The van der Waals surface area contributed by atoms with Crippen molar-refractivity contribution in [3.63, 3.8) is 0 Å². The Kier molecular flexibility index (Phi) is 5.52. The van der Waals surface area contributed by atoms with Crippen LogP contribution in [0.25, 0.3) is 11.0 Å². The first-order valence-corrected chi connectivity index (χ1v) is 7.08. The predicted octanol–water partition coefficient (Wildman–Crippen LogP) is 1.97. The zero-order valence-corrected chi connectivity index (χ0v) is 12.1. The Balaban J connectivity index is 2.31. The van der Waals surface area contributed by atoms with E-state index in [0.29, 0.717) is 26.2 Å². The molecule has 0 aliphatic heterocycles. The summed E-state index contributed by atoms with van der Waals surface area (Å²) in [5.74, 6) is 0.859. The second-order valence-corrected chi connectivity index (χ2v) is 4.44. The number of aliphatic hydroxyl groups excluding tert-OH is 1. The predicted molar refractivity (Wildman–Crippen MR) is 77.6 cm³/mol. The molecule has 1 N–H and O–H groups in total. The molecule has 0 aliphatic carbocycles. The van der Waals surface area contributed by atoms with Crippen molar-refractivity contribution < 1.29 is 14.6 Å². The Morgan fingerprint density at radius 2 is 1.90 bits per heavy atom. The monoisotopic (exact) mass is 278 g/mol. The summed E-state index contributed by atoms with van der Waals surface area (Å²) >= 11 is 0. The normalized spacial score (nSPS) is 11.6. The first-order valence-electron chi connectivity index (χ1n) is 7.08. The van der Waals surface area contributed by atoms with Crippen LogP contribution in [-0.4, -0.2) is 40.8 Å². The SMILES string of the molecule is CCOC(Cn1c(CCO)nc2ccccc21)OCC. The van der Waals surface area contributed by atoms with Crippen molar-refractivity contribution in [3.8, 4) is 0 Å². The van der Waals surface area contributed by atoms with Gasteiger partial charge in [-0.25, -0.2) is 4.98 Å². The van der Waals surface area contributed by atoms with Crippen LogP contribution < -0.4 is 0 Å². The minimum Gasteiger partial charge on any atom is -0.396 e. The lowest BCUT2D eigenvalue weighted by atomic mass is 10.3. The third kappa shape index (κ3) is 3.36. The molecule has 0 fully saturated rings. The zero-order valence-electron chi connectivity index (χ0n) is 12.1. The highest BCUT2D eigenvalue weighted by Gasteiger charge is 2.15. The van der Waals surface area contributed by atoms with Crippen LogP contribution in [-0.2, 0) is 22.4 Å². The quantitative estimate of drug-likeness (QED) is 0.750. The molecule has 1 heterocycles. The molecule has 0 aliphatic rings. The second kappa shape index (κ2) is 7.38. The Hall–Kier alpha value is -1.43. The number of nitrogens with zero attached hydrogens (tertiary/aromatic N) is 2. The largest absolute Gasteiger partial charge is 0.396 e. The molecular formula is C15H22N2O3. The standard InChI is InChI=1S/C15H22N2O3/c1-3-19-15(20-4-2)11-17-13-8-6-5-7-12(13)16-14(17)9-10-18/h5-8,15,18H,3-4,9-11H2,1-2H3. The van der Waals surface area contributed by atoms with E-state index in [-0.39, 0.29) is 12.9 Å². The first kappa shape index (κ1) is 15.0. The van der Waals surface area contributed by atoms with E-state index in [4.69, 9.17) is 9.47 Å². The summed E-state index contributed by atoms with van der Waals surface area (Å²) in [6, 6.07) is 7.95. The van der Waals surface area contributed by atoms with Gasteiger partial charge in [-0.3, -0.25) is 0 Å². The van der Waals surface area contributed by atoms with Gasteiger partial charge in [0.1, 0.15) is 5.82 Å². The highest BCUT2D eigenvalue weighted by molar-refractivity contribution is 5.75. The molecule has 110 valence electrons. The summed E-state index contributed by atoms with van der Waals surface area (Å²) in [6.07, 6.45) is 0.236. The fourth-order valence-electron chi connectivity index (χ4n) is 2.29. The number of rotatable bonds is 8. The third-order valence-electron chi connectivity index (χ3n) is 3.11. The van der Waals surface area contributed by atoms with Gasteiger partial charge in [-0.1, -0.05) is 12.1 Å². The maximum absolute atomic E-state index is 9.19. The lowest BCUT2D eigenvalue weighted by Crippen LogP contribution is -2.25. The van der Waals surface area contributed by atoms with Crippen molar-refractivity contribution in [2.75, 3.05) is 19.8 Å². The van der Waals surface area contributed by atoms with Gasteiger partial charge in [-0.2, -0.15) is 0 Å². The number of aromatic nitrogens is 2. The van der Waals surface area contributed by atoms with Gasteiger partial charge < -0.3 is 19.1 Å². The number of para-hydroxylation sites is 2. The zero-order chi connectivity index (χ0) is 14.4. The third-order valence-corrected chi connectivity index (χ3v) is 3.11. The van der Waals surface area contributed by atoms with Crippen LogP contribution in [0.4, 0.5) is 0 Å². The van der Waals surface area contributed by atoms with E-state index < -0.39 is 0 Å². The molecule has 2 aromatic rings. The molecule has 0 atom stereocenters. The molecule has 1 aromatic carbocycles. The van der Waals surface area contributed by atoms with Crippen LogP contribution in [0.2, 0.25) is 0 Å². The Labute approximate surface area is 119 Å². The van der Waals surface area contributed by atoms with Gasteiger partial charge in [0.05, 0.1) is 24.2 Å². The van der Waals surface area contributed by atoms with E-state index >= 15 is 0 Å². The average molecular weight is 278 g/mol. The molecule has 2 rings (SSSR count). The van der Waals surface area contributed by atoms with Crippen molar-refractivity contribution in [2.24, 2.45) is 0 Å². The van der Waals surface area contributed by atoms with Gasteiger partial charge >= 0.3 is 0 Å². The summed E-state index contributed by atoms with van der Waals surface area (Å²) in [4.78, 5) is 4.57. The summed E-state index contributed by atoms with van der Waals surface area (Å²) in [7, 11) is 0. The van der Waals surface area contributed by atoms with Crippen LogP contribution in [0.15, 0.2) is 24.3 Å². The van der Waals surface area contributed by atoms with Crippen molar-refractivity contribution in [2.45, 2.75) is 33.1 Å². The average Bonchev–Trinajstić information content (AvgIpc) is 2.78. The molecule has 0 saturated carbocycles. The Morgan fingerprint density at radius 1 is 1.20 bits per heavy atom. The van der Waals surface area contributed by atoms with Crippen molar-refractivity contribution in [3.05, 3.63) is 30.1 Å². The molecule has 0 amide bonds. The lowest BCUT2D eigenvalue weighted by Gasteiger charge is -2.19. The fraction of sp³-hybridized carbons (Fsp3) is 0.533. The van der Waals surface area contributed by atoms with Crippen molar-refractivity contribution in [1.29, 1.82) is 0 Å². The molecule has 1 aromatic heterocycles. The molecule has 0 unspecified atom stereocenters. The van der Waals surface area contributed by atoms with Gasteiger partial charge in [0.2, 0.25) is 0 Å². The summed E-state index contributed by atoms with van der Waals surface area (Å²) in [5.41, 5.74) is 1.98. The van der Waals surface area contributed by atoms with Crippen LogP contribution in [0.3, 0.4) is 0 Å². The van der Waals surface area contributed by atoms with Crippen LogP contribution in [0.1, 0.15) is 19.7 Å². The van der Waals surface area contributed by atoms with Gasteiger partial charge in [0, 0.05) is 19.6 Å².